The molecule has 0 radical (unpaired) electrons. The Kier molecular flexibility index (Phi) is 16.1. The van der Waals surface area contributed by atoms with Crippen molar-refractivity contribution < 1.29 is 62.5 Å². The third-order valence-corrected chi connectivity index (χ3v) is 14.6. The van der Waals surface area contributed by atoms with Crippen molar-refractivity contribution in [1.82, 2.24) is 0 Å². The van der Waals surface area contributed by atoms with Gasteiger partial charge in [0.15, 0.2) is 17.6 Å². The highest BCUT2D eigenvalue weighted by atomic mass is 16.7. The summed E-state index contributed by atoms with van der Waals surface area (Å²) in [6.07, 6.45) is 2.34. The number of aliphatic carboxylic acids is 1. The molecule has 346 valence electrons. The molecule has 0 spiro atoms. The van der Waals surface area contributed by atoms with Crippen molar-refractivity contribution in [3.8, 4) is 11.5 Å². The summed E-state index contributed by atoms with van der Waals surface area (Å²) in [5.74, 6) is -2.01. The molecule has 8 atom stereocenters. The van der Waals surface area contributed by atoms with Gasteiger partial charge >= 0.3 is 23.9 Å². The minimum absolute atomic E-state index is 0.0221. The smallest absolute Gasteiger partial charge is 0.312 e. The van der Waals surface area contributed by atoms with Crippen LogP contribution in [0.5, 0.6) is 11.5 Å². The molecule has 2 saturated heterocycles. The molecule has 8 unspecified atom stereocenters. The van der Waals surface area contributed by atoms with Crippen LogP contribution in [0.1, 0.15) is 153 Å². The number of fused-ring (bicyclic) bond motifs is 2. The molecule has 1 aromatic rings. The van der Waals surface area contributed by atoms with Gasteiger partial charge in [0.25, 0.3) is 0 Å². The van der Waals surface area contributed by atoms with E-state index in [1.807, 2.05) is 61.5 Å². The Bertz CT molecular complexity index is 1700. The van der Waals surface area contributed by atoms with E-state index in [4.69, 9.17) is 33.2 Å². The molecular formula is C48H76O13. The first-order valence-electron chi connectivity index (χ1n) is 22.4. The third kappa shape index (κ3) is 11.2. The van der Waals surface area contributed by atoms with Crippen LogP contribution in [0.2, 0.25) is 0 Å². The molecule has 3 aliphatic rings. The highest BCUT2D eigenvalue weighted by molar-refractivity contribution is 5.80. The fourth-order valence-electron chi connectivity index (χ4n) is 9.72. The molecule has 0 bridgehead atoms. The summed E-state index contributed by atoms with van der Waals surface area (Å²) in [4.78, 5) is 56.5. The van der Waals surface area contributed by atoms with Gasteiger partial charge in [-0.2, -0.15) is 0 Å². The number of ether oxygens (including phenoxy) is 7. The van der Waals surface area contributed by atoms with E-state index in [1.165, 1.54) is 0 Å². The van der Waals surface area contributed by atoms with E-state index in [2.05, 4.69) is 6.92 Å². The Morgan fingerprint density at radius 2 is 1.46 bits per heavy atom. The van der Waals surface area contributed by atoms with Gasteiger partial charge in [0.2, 0.25) is 6.79 Å². The molecular weight excluding hydrogens is 785 g/mol. The molecule has 2 N–H and O–H groups in total. The number of hydrogen-bond acceptors (Lipinski definition) is 12. The van der Waals surface area contributed by atoms with Crippen LogP contribution < -0.4 is 9.47 Å². The SMILES string of the molecule is CCCCCCC(C)OC(=O)C(CC(C)(C)C(C)(CC(C)(C)C(C)(CC)C(=O)O)C(=O)OC1COC2C(O)COC12)C(C)(C)CC(C)(C)C(=O)OCc1ccc2c(c1)OCO2. The molecule has 4 rings (SSSR count). The van der Waals surface area contributed by atoms with E-state index in [0.29, 0.717) is 24.3 Å². The number of esters is 3. The zero-order valence-corrected chi connectivity index (χ0v) is 39.3. The summed E-state index contributed by atoms with van der Waals surface area (Å²) in [7, 11) is 0. The van der Waals surface area contributed by atoms with Crippen molar-refractivity contribution in [2.24, 2.45) is 38.4 Å². The zero-order valence-electron chi connectivity index (χ0n) is 39.3. The van der Waals surface area contributed by atoms with Crippen LogP contribution in [0.25, 0.3) is 0 Å². The third-order valence-electron chi connectivity index (χ3n) is 14.6. The number of benzene rings is 1. The maximum atomic E-state index is 15.0. The molecule has 1 aromatic carbocycles. The van der Waals surface area contributed by atoms with Crippen LogP contribution in [-0.4, -0.2) is 84.6 Å². The van der Waals surface area contributed by atoms with Crippen LogP contribution in [0, 0.1) is 38.4 Å². The number of carbonyl (C=O) groups is 4. The molecule has 0 saturated carbocycles. The Labute approximate surface area is 364 Å². The highest BCUT2D eigenvalue weighted by Crippen LogP contribution is 2.58. The van der Waals surface area contributed by atoms with Crippen LogP contribution in [0.15, 0.2) is 18.2 Å². The molecule has 13 heteroatoms. The molecule has 61 heavy (non-hydrogen) atoms. The van der Waals surface area contributed by atoms with E-state index in [-0.39, 0.29) is 52.0 Å². The Balaban J connectivity index is 1.69. The van der Waals surface area contributed by atoms with Gasteiger partial charge in [-0.25, -0.2) is 0 Å². The van der Waals surface area contributed by atoms with Crippen LogP contribution in [0.4, 0.5) is 0 Å². The van der Waals surface area contributed by atoms with Gasteiger partial charge in [-0.05, 0) is 107 Å². The summed E-state index contributed by atoms with van der Waals surface area (Å²) in [5, 5.41) is 21.0. The highest BCUT2D eigenvalue weighted by Gasteiger charge is 2.60. The minimum Gasteiger partial charge on any atom is -0.481 e. The normalized spacial score (nSPS) is 23.3. The number of carboxylic acids is 1. The summed E-state index contributed by atoms with van der Waals surface area (Å²) in [6.45, 7) is 24.7. The van der Waals surface area contributed by atoms with Crippen molar-refractivity contribution in [3.05, 3.63) is 23.8 Å². The lowest BCUT2D eigenvalue weighted by Crippen LogP contribution is -2.54. The van der Waals surface area contributed by atoms with E-state index in [0.717, 1.165) is 31.2 Å². The number of aliphatic hydroxyl groups is 1. The lowest BCUT2D eigenvalue weighted by atomic mass is 9.51. The summed E-state index contributed by atoms with van der Waals surface area (Å²) >= 11 is 0. The maximum Gasteiger partial charge on any atom is 0.312 e. The predicted molar refractivity (Wildman–Crippen MR) is 229 cm³/mol. The quantitative estimate of drug-likeness (QED) is 0.0608. The molecule has 2 fully saturated rings. The molecule has 0 aliphatic carbocycles. The number of hydrogen-bond donors (Lipinski definition) is 2. The van der Waals surface area contributed by atoms with Crippen LogP contribution in [0.3, 0.4) is 0 Å². The summed E-state index contributed by atoms with van der Waals surface area (Å²) < 4.78 is 41.0. The first-order valence-corrected chi connectivity index (χ1v) is 22.4. The minimum atomic E-state index is -1.38. The van der Waals surface area contributed by atoms with Gasteiger partial charge in [-0.15, -0.1) is 0 Å². The van der Waals surface area contributed by atoms with Gasteiger partial charge in [-0.1, -0.05) is 80.7 Å². The number of aliphatic hydroxyl groups excluding tert-OH is 1. The fourth-order valence-corrected chi connectivity index (χ4v) is 9.72. The van der Waals surface area contributed by atoms with Gasteiger partial charge in [-0.3, -0.25) is 19.2 Å². The standard InChI is InChI=1S/C48H76O13/c1-14-16-17-18-19-30(3)60-39(50)32(43(4,5)27-44(6,7)41(53)57-24-31-20-21-34-35(22-31)59-29-58-34)23-45(8,9)48(13,28-46(10,11)47(12,15-2)40(51)52)42(54)61-36-26-56-37-33(49)25-55-38(36)37/h20-22,30,32-33,36-38,49H,14-19,23-29H2,1-13H3,(H,51,52). The van der Waals surface area contributed by atoms with Crippen molar-refractivity contribution in [3.63, 3.8) is 0 Å². The van der Waals surface area contributed by atoms with E-state index in [9.17, 15) is 29.4 Å². The Morgan fingerprint density at radius 1 is 0.803 bits per heavy atom. The topological polar surface area (TPSA) is 173 Å². The average molecular weight is 861 g/mol. The molecule has 0 amide bonds. The number of carboxylic acid groups (broad SMARTS) is 1. The summed E-state index contributed by atoms with van der Waals surface area (Å²) in [5.41, 5.74) is -5.76. The number of carbonyl (C=O) groups excluding carboxylic acids is 3. The first kappa shape index (κ1) is 50.2. The van der Waals surface area contributed by atoms with Crippen molar-refractivity contribution in [2.75, 3.05) is 20.0 Å². The van der Waals surface area contributed by atoms with Gasteiger partial charge in [0.05, 0.1) is 41.5 Å². The second-order valence-electron chi connectivity index (χ2n) is 21.0. The molecule has 3 heterocycles. The lowest BCUT2D eigenvalue weighted by molar-refractivity contribution is -0.185. The monoisotopic (exact) mass is 861 g/mol. The largest absolute Gasteiger partial charge is 0.481 e. The number of rotatable bonds is 23. The summed E-state index contributed by atoms with van der Waals surface area (Å²) in [6, 6.07) is 5.39. The second kappa shape index (κ2) is 19.5. The Morgan fingerprint density at radius 3 is 2.10 bits per heavy atom. The van der Waals surface area contributed by atoms with Crippen molar-refractivity contribution >= 4 is 23.9 Å². The Hall–Kier alpha value is -3.42. The van der Waals surface area contributed by atoms with Crippen molar-refractivity contribution in [2.45, 2.75) is 185 Å². The lowest BCUT2D eigenvalue weighted by Gasteiger charge is -2.52. The van der Waals surface area contributed by atoms with Crippen LogP contribution in [-0.2, 0) is 49.5 Å². The molecule has 3 aliphatic heterocycles. The van der Waals surface area contributed by atoms with Gasteiger partial charge in [0.1, 0.15) is 24.9 Å². The predicted octanol–water partition coefficient (Wildman–Crippen LogP) is 8.83. The van der Waals surface area contributed by atoms with Crippen molar-refractivity contribution in [1.29, 1.82) is 0 Å². The first-order chi connectivity index (χ1) is 28.2. The number of unbranched alkanes of at least 4 members (excludes halogenated alkanes) is 3. The fraction of sp³-hybridized carbons (Fsp3) is 0.792. The second-order valence-corrected chi connectivity index (χ2v) is 21.0. The zero-order chi connectivity index (χ0) is 45.8. The maximum absolute atomic E-state index is 15.0. The van der Waals surface area contributed by atoms with Crippen LogP contribution >= 0.6 is 0 Å². The van der Waals surface area contributed by atoms with E-state index in [1.54, 1.807) is 39.8 Å². The van der Waals surface area contributed by atoms with Gasteiger partial charge < -0.3 is 43.4 Å². The van der Waals surface area contributed by atoms with E-state index < -0.39 is 86.7 Å². The van der Waals surface area contributed by atoms with E-state index >= 15 is 0 Å². The average Bonchev–Trinajstić information content (AvgIpc) is 3.91. The van der Waals surface area contributed by atoms with Gasteiger partial charge in [0, 0.05) is 0 Å². The molecule has 13 nitrogen and oxygen atoms in total. The molecule has 0 aromatic heterocycles.